The summed E-state index contributed by atoms with van der Waals surface area (Å²) in [5.41, 5.74) is 0.928. The molecule has 3 heterocycles. The Morgan fingerprint density at radius 1 is 1.12 bits per heavy atom. The van der Waals surface area contributed by atoms with Gasteiger partial charge in [0.15, 0.2) is 0 Å². The quantitative estimate of drug-likeness (QED) is 0.498. The predicted octanol–water partition coefficient (Wildman–Crippen LogP) is 3.98. The van der Waals surface area contributed by atoms with Crippen LogP contribution in [0.4, 0.5) is 0 Å². The maximum atomic E-state index is 13.0. The van der Waals surface area contributed by atoms with Crippen molar-refractivity contribution >= 4 is 27.3 Å². The number of hydrogen-bond donors (Lipinski definition) is 1. The Morgan fingerprint density at radius 3 is 2.72 bits per heavy atom. The largest absolute Gasteiger partial charge is 0.379 e. The molecule has 7 heteroatoms. The normalized spacial score (nSPS) is 14.7. The summed E-state index contributed by atoms with van der Waals surface area (Å²) in [6.07, 6.45) is 4.64. The zero-order valence-electron chi connectivity index (χ0n) is 18.6. The first kappa shape index (κ1) is 22.7. The average molecular weight is 454 g/mol. The molecule has 0 saturated carbocycles. The van der Waals surface area contributed by atoms with E-state index in [9.17, 15) is 9.59 Å². The molecule has 0 radical (unpaired) electrons. The van der Waals surface area contributed by atoms with Crippen molar-refractivity contribution in [2.24, 2.45) is 0 Å². The summed E-state index contributed by atoms with van der Waals surface area (Å²) < 4.78 is 8.27. The van der Waals surface area contributed by atoms with Crippen LogP contribution in [0.15, 0.2) is 47.4 Å². The number of benzene rings is 1. The van der Waals surface area contributed by atoms with Crippen LogP contribution in [0.5, 0.6) is 0 Å². The lowest BCUT2D eigenvalue weighted by molar-refractivity contribution is 0.0374. The van der Waals surface area contributed by atoms with Crippen LogP contribution in [0.1, 0.15) is 36.5 Å². The minimum atomic E-state index is -0.287. The number of unbranched alkanes of at least 4 members (excludes halogenated alkanes) is 1. The maximum Gasteiger partial charge on any atom is 0.263 e. The monoisotopic (exact) mass is 453 g/mol. The van der Waals surface area contributed by atoms with Gasteiger partial charge in [-0.25, -0.2) is 0 Å². The third-order valence-corrected chi connectivity index (χ3v) is 7.00. The molecule has 4 rings (SSSR count). The Morgan fingerprint density at radius 2 is 1.94 bits per heavy atom. The molecule has 32 heavy (non-hydrogen) atoms. The standard InChI is InChI=1S/C25H31N3O3S/c1-2-3-11-28-18-20(23-17-19-7-4-5-8-22(19)32-23)16-21(25(28)30)24(29)26-9-6-10-27-12-14-31-15-13-27/h4-5,7-8,16-18H,2-3,6,9-15H2,1H3,(H,26,29). The number of carbonyl (C=O) groups is 1. The van der Waals surface area contributed by atoms with Gasteiger partial charge < -0.3 is 14.6 Å². The predicted molar refractivity (Wildman–Crippen MR) is 131 cm³/mol. The first-order chi connectivity index (χ1) is 15.7. The van der Waals surface area contributed by atoms with Crippen molar-refractivity contribution in [2.45, 2.75) is 32.7 Å². The summed E-state index contributed by atoms with van der Waals surface area (Å²) in [6.45, 7) is 7.61. The number of morpholine rings is 1. The molecule has 0 unspecified atom stereocenters. The van der Waals surface area contributed by atoms with Crippen LogP contribution < -0.4 is 10.9 Å². The number of fused-ring (bicyclic) bond motifs is 1. The van der Waals surface area contributed by atoms with Gasteiger partial charge in [-0.2, -0.15) is 0 Å². The molecule has 1 fully saturated rings. The van der Waals surface area contributed by atoms with Gasteiger partial charge in [-0.3, -0.25) is 14.5 Å². The van der Waals surface area contributed by atoms with Crippen molar-refractivity contribution in [2.75, 3.05) is 39.4 Å². The molecule has 3 aromatic rings. The molecule has 1 aliphatic rings. The highest BCUT2D eigenvalue weighted by Gasteiger charge is 2.16. The van der Waals surface area contributed by atoms with E-state index in [4.69, 9.17) is 4.74 Å². The third-order valence-electron chi connectivity index (χ3n) is 5.83. The summed E-state index contributed by atoms with van der Waals surface area (Å²) in [7, 11) is 0. The van der Waals surface area contributed by atoms with Crippen LogP contribution in [0.3, 0.4) is 0 Å². The Kier molecular flexibility index (Phi) is 7.73. The van der Waals surface area contributed by atoms with Gasteiger partial charge in [0.25, 0.3) is 11.5 Å². The highest BCUT2D eigenvalue weighted by atomic mass is 32.1. The van der Waals surface area contributed by atoms with Gasteiger partial charge in [-0.1, -0.05) is 31.5 Å². The van der Waals surface area contributed by atoms with E-state index in [2.05, 4.69) is 35.3 Å². The highest BCUT2D eigenvalue weighted by molar-refractivity contribution is 7.22. The fourth-order valence-corrected chi connectivity index (χ4v) is 5.02. The Balaban J connectivity index is 1.52. The lowest BCUT2D eigenvalue weighted by Crippen LogP contribution is -2.38. The number of ether oxygens (including phenoxy) is 1. The fourth-order valence-electron chi connectivity index (χ4n) is 3.98. The Hall–Kier alpha value is -2.48. The van der Waals surface area contributed by atoms with E-state index in [1.54, 1.807) is 22.0 Å². The van der Waals surface area contributed by atoms with Crippen LogP contribution in [0, 0.1) is 0 Å². The second kappa shape index (κ2) is 10.9. The second-order valence-electron chi connectivity index (χ2n) is 8.21. The van der Waals surface area contributed by atoms with Crippen molar-refractivity contribution in [3.63, 3.8) is 0 Å². The number of amides is 1. The van der Waals surface area contributed by atoms with E-state index < -0.39 is 0 Å². The van der Waals surface area contributed by atoms with Crippen LogP contribution in [0.25, 0.3) is 20.5 Å². The van der Waals surface area contributed by atoms with Crippen LogP contribution in [-0.4, -0.2) is 54.8 Å². The number of aromatic nitrogens is 1. The van der Waals surface area contributed by atoms with E-state index in [-0.39, 0.29) is 17.0 Å². The molecule has 0 atom stereocenters. The molecule has 2 aromatic heterocycles. The SMILES string of the molecule is CCCCn1cc(-c2cc3ccccc3s2)cc(C(=O)NCCCN2CCOCC2)c1=O. The van der Waals surface area contributed by atoms with Crippen molar-refractivity contribution in [3.8, 4) is 10.4 Å². The number of aryl methyl sites for hydroxylation is 1. The fraction of sp³-hybridized carbons (Fsp3) is 0.440. The highest BCUT2D eigenvalue weighted by Crippen LogP contribution is 2.33. The molecule has 0 aliphatic carbocycles. The van der Waals surface area contributed by atoms with Crippen molar-refractivity contribution < 1.29 is 9.53 Å². The molecular formula is C25H31N3O3S. The number of pyridine rings is 1. The smallest absolute Gasteiger partial charge is 0.263 e. The van der Waals surface area contributed by atoms with Crippen LogP contribution in [-0.2, 0) is 11.3 Å². The first-order valence-electron chi connectivity index (χ1n) is 11.5. The molecule has 1 saturated heterocycles. The molecule has 1 N–H and O–H groups in total. The minimum Gasteiger partial charge on any atom is -0.379 e. The number of nitrogens with one attached hydrogen (secondary N) is 1. The molecule has 6 nitrogen and oxygen atoms in total. The number of thiophene rings is 1. The third kappa shape index (κ3) is 5.46. The maximum absolute atomic E-state index is 13.0. The van der Waals surface area contributed by atoms with Gasteiger partial charge in [0.1, 0.15) is 5.56 Å². The van der Waals surface area contributed by atoms with Gasteiger partial charge in [0.05, 0.1) is 13.2 Å². The first-order valence-corrected chi connectivity index (χ1v) is 12.3. The average Bonchev–Trinajstić information content (AvgIpc) is 3.26. The molecule has 0 bridgehead atoms. The number of carbonyl (C=O) groups excluding carboxylic acids is 1. The van der Waals surface area contributed by atoms with Gasteiger partial charge >= 0.3 is 0 Å². The summed E-state index contributed by atoms with van der Waals surface area (Å²) in [5, 5.41) is 4.14. The van der Waals surface area contributed by atoms with E-state index in [0.29, 0.717) is 13.1 Å². The Bertz CT molecular complexity index is 1080. The van der Waals surface area contributed by atoms with E-state index in [1.165, 1.54) is 10.1 Å². The molecule has 1 amide bonds. The number of rotatable bonds is 9. The van der Waals surface area contributed by atoms with Crippen molar-refractivity contribution in [3.05, 3.63) is 58.5 Å². The number of hydrogen-bond acceptors (Lipinski definition) is 5. The second-order valence-corrected chi connectivity index (χ2v) is 9.29. The topological polar surface area (TPSA) is 63.6 Å². The summed E-state index contributed by atoms with van der Waals surface area (Å²) in [5.74, 6) is -0.287. The van der Waals surface area contributed by atoms with Gasteiger partial charge in [-0.05, 0) is 43.0 Å². The Labute approximate surface area is 192 Å². The zero-order valence-corrected chi connectivity index (χ0v) is 19.5. The summed E-state index contributed by atoms with van der Waals surface area (Å²) in [4.78, 5) is 29.4. The minimum absolute atomic E-state index is 0.214. The lowest BCUT2D eigenvalue weighted by atomic mass is 10.1. The lowest BCUT2D eigenvalue weighted by Gasteiger charge is -2.26. The molecule has 170 valence electrons. The van der Waals surface area contributed by atoms with E-state index in [1.807, 2.05) is 18.3 Å². The van der Waals surface area contributed by atoms with Crippen LogP contribution >= 0.6 is 11.3 Å². The van der Waals surface area contributed by atoms with Crippen LogP contribution in [0.2, 0.25) is 0 Å². The summed E-state index contributed by atoms with van der Waals surface area (Å²) in [6, 6.07) is 12.1. The van der Waals surface area contributed by atoms with Crippen molar-refractivity contribution in [1.82, 2.24) is 14.8 Å². The molecule has 1 aliphatic heterocycles. The van der Waals surface area contributed by atoms with E-state index >= 15 is 0 Å². The van der Waals surface area contributed by atoms with E-state index in [0.717, 1.165) is 62.6 Å². The number of nitrogens with zero attached hydrogens (tertiary/aromatic N) is 2. The molecular weight excluding hydrogens is 422 g/mol. The zero-order chi connectivity index (χ0) is 22.3. The molecule has 0 spiro atoms. The summed E-state index contributed by atoms with van der Waals surface area (Å²) >= 11 is 1.68. The van der Waals surface area contributed by atoms with Gasteiger partial charge in [-0.15, -0.1) is 11.3 Å². The van der Waals surface area contributed by atoms with Gasteiger partial charge in [0.2, 0.25) is 0 Å². The van der Waals surface area contributed by atoms with Crippen molar-refractivity contribution in [1.29, 1.82) is 0 Å². The molecule has 1 aromatic carbocycles. The van der Waals surface area contributed by atoms with Gasteiger partial charge in [0, 0.05) is 47.5 Å².